The molecule has 1 saturated heterocycles. The Bertz CT molecular complexity index is 1480. The maximum Gasteiger partial charge on any atom is 0.348 e. The largest absolute Gasteiger partial charge is 0.423 e. The van der Waals surface area contributed by atoms with Crippen molar-refractivity contribution in [2.45, 2.75) is 51.2 Å². The lowest BCUT2D eigenvalue weighted by Crippen LogP contribution is -2.60. The number of carbonyl (C=O) groups excluding carboxylic acids is 1. The van der Waals surface area contributed by atoms with Crippen molar-refractivity contribution in [3.05, 3.63) is 45.7 Å². The van der Waals surface area contributed by atoms with Crippen LogP contribution in [-0.2, 0) is 21.3 Å². The number of anilines is 1. The van der Waals surface area contributed by atoms with E-state index in [1.54, 1.807) is 25.3 Å². The normalized spacial score (nSPS) is 37.7. The highest BCUT2D eigenvalue weighted by Gasteiger charge is 2.66. The van der Waals surface area contributed by atoms with Crippen LogP contribution in [0.3, 0.4) is 0 Å². The summed E-state index contributed by atoms with van der Waals surface area (Å²) in [4.78, 5) is 30.9. The first-order valence-electron chi connectivity index (χ1n) is 13.0. The second kappa shape index (κ2) is 8.36. The fourth-order valence-electron chi connectivity index (χ4n) is 7.40. The summed E-state index contributed by atoms with van der Waals surface area (Å²) in [6, 6.07) is 0. The molecule has 0 bridgehead atoms. The topological polar surface area (TPSA) is 169 Å². The number of H-pyrrole nitrogens is 1. The third-order valence-corrected chi connectivity index (χ3v) is 9.55. The van der Waals surface area contributed by atoms with Gasteiger partial charge in [-0.1, -0.05) is 26.0 Å². The maximum absolute atomic E-state index is 12.8. The van der Waals surface area contributed by atoms with Crippen molar-refractivity contribution in [2.75, 3.05) is 18.9 Å². The van der Waals surface area contributed by atoms with E-state index in [2.05, 4.69) is 28.1 Å². The number of nitrogens with one attached hydrogen (secondary N) is 1. The molecule has 38 heavy (non-hydrogen) atoms. The molecule has 2 aliphatic carbocycles. The lowest BCUT2D eigenvalue weighted by molar-refractivity contribution is -0.167. The van der Waals surface area contributed by atoms with Crippen LogP contribution in [0.15, 0.2) is 34.4 Å². The van der Waals surface area contributed by atoms with Crippen molar-refractivity contribution in [3.63, 3.8) is 0 Å². The Morgan fingerprint density at radius 3 is 2.76 bits per heavy atom. The van der Waals surface area contributed by atoms with Gasteiger partial charge in [0.1, 0.15) is 17.3 Å². The number of carbonyl (C=O) groups is 1. The molecule has 2 aromatic heterocycles. The Kier molecular flexibility index (Phi) is 5.50. The summed E-state index contributed by atoms with van der Waals surface area (Å²) in [7, 11) is 1.65. The SMILES string of the molecule is Cn1nc(/C=C2C=C(/C=C/C3C4(CCC5[C@]3(C)CC[C@@H](O)[C@@]5(C)CO)CO4)C(=O)O\2)c2c(N)[nH]c(=O)nc21. The fourth-order valence-corrected chi connectivity index (χ4v) is 7.40. The van der Waals surface area contributed by atoms with Crippen LogP contribution >= 0.6 is 0 Å². The average Bonchev–Trinajstić information content (AvgIpc) is 3.44. The highest BCUT2D eigenvalue weighted by Crippen LogP contribution is 2.65. The van der Waals surface area contributed by atoms with E-state index in [-0.39, 0.29) is 35.3 Å². The van der Waals surface area contributed by atoms with Crippen molar-refractivity contribution in [1.29, 1.82) is 0 Å². The minimum Gasteiger partial charge on any atom is -0.423 e. The second-order valence-electron chi connectivity index (χ2n) is 11.7. The quantitative estimate of drug-likeness (QED) is 0.343. The smallest absolute Gasteiger partial charge is 0.348 e. The molecule has 3 unspecified atom stereocenters. The Morgan fingerprint density at radius 2 is 2.05 bits per heavy atom. The first-order chi connectivity index (χ1) is 18.0. The van der Waals surface area contributed by atoms with Crippen LogP contribution in [0.5, 0.6) is 0 Å². The minimum absolute atomic E-state index is 0.0243. The molecule has 2 saturated carbocycles. The molecular formula is C27H33N5O6. The molecule has 6 atom stereocenters. The van der Waals surface area contributed by atoms with Crippen molar-refractivity contribution < 1.29 is 24.5 Å². The van der Waals surface area contributed by atoms with Gasteiger partial charge in [0.05, 0.1) is 35.9 Å². The monoisotopic (exact) mass is 523 g/mol. The predicted molar refractivity (Wildman–Crippen MR) is 138 cm³/mol. The molecule has 1 spiro atoms. The maximum atomic E-state index is 12.8. The number of epoxide rings is 1. The molecule has 11 heteroatoms. The number of aliphatic hydroxyl groups is 2. The summed E-state index contributed by atoms with van der Waals surface area (Å²) in [5.74, 6) is 0.108. The number of esters is 1. The number of nitrogens with two attached hydrogens (primary N) is 1. The third kappa shape index (κ3) is 3.59. The van der Waals surface area contributed by atoms with Crippen molar-refractivity contribution in [2.24, 2.45) is 29.7 Å². The van der Waals surface area contributed by atoms with E-state index in [4.69, 9.17) is 15.2 Å². The number of nitrogens with zero attached hydrogens (tertiary/aromatic N) is 3. The van der Waals surface area contributed by atoms with E-state index in [0.717, 1.165) is 19.3 Å². The number of aromatic nitrogens is 4. The van der Waals surface area contributed by atoms with Crippen LogP contribution in [0.2, 0.25) is 0 Å². The van der Waals surface area contributed by atoms with E-state index in [9.17, 15) is 19.8 Å². The zero-order valence-corrected chi connectivity index (χ0v) is 21.7. The second-order valence-corrected chi connectivity index (χ2v) is 11.7. The van der Waals surface area contributed by atoms with E-state index in [1.165, 1.54) is 4.68 Å². The molecular weight excluding hydrogens is 490 g/mol. The molecule has 11 nitrogen and oxygen atoms in total. The number of rotatable bonds is 4. The third-order valence-electron chi connectivity index (χ3n) is 9.55. The molecule has 3 fully saturated rings. The number of hydrogen-bond donors (Lipinski definition) is 4. The average molecular weight is 524 g/mol. The summed E-state index contributed by atoms with van der Waals surface area (Å²) < 4.78 is 13.0. The fraction of sp³-hybridized carbons (Fsp3) is 0.556. The van der Waals surface area contributed by atoms with Gasteiger partial charge in [0.15, 0.2) is 5.65 Å². The standard InChI is InChI=1S/C27H33N5O6/c1-25-8-7-19(34)26(2,12-33)17(25)6-9-27(13-37-27)18(25)5-4-14-10-15(38-23(14)35)11-16-20-21(28)29-24(36)30-22(20)32(3)31-16/h4-5,10-11,17-19,33-34H,6-9,12-13H2,1-3H3,(H3,28,29,30,36)/b5-4+,15-11+/t17?,18?,19-,25+,26+,27?/m1/s1. The van der Waals surface area contributed by atoms with Gasteiger partial charge in [0.25, 0.3) is 0 Å². The number of aromatic amines is 1. The molecule has 4 heterocycles. The van der Waals surface area contributed by atoms with Gasteiger partial charge < -0.3 is 25.4 Å². The number of hydrogen-bond acceptors (Lipinski definition) is 9. The van der Waals surface area contributed by atoms with Crippen LogP contribution in [0.1, 0.15) is 45.2 Å². The number of aliphatic hydroxyl groups excluding tert-OH is 2. The number of ether oxygens (including phenoxy) is 2. The van der Waals surface area contributed by atoms with Gasteiger partial charge in [-0.25, -0.2) is 14.3 Å². The van der Waals surface area contributed by atoms with Crippen LogP contribution in [0.4, 0.5) is 5.82 Å². The molecule has 0 aromatic carbocycles. The number of cyclic esters (lactones) is 1. The molecule has 0 amide bonds. The van der Waals surface area contributed by atoms with Gasteiger partial charge in [-0.2, -0.15) is 10.1 Å². The molecule has 0 radical (unpaired) electrons. The Hall–Kier alpha value is -3.28. The first-order valence-corrected chi connectivity index (χ1v) is 13.0. The van der Waals surface area contributed by atoms with Gasteiger partial charge in [-0.3, -0.25) is 4.98 Å². The van der Waals surface area contributed by atoms with Crippen LogP contribution in [0.25, 0.3) is 17.1 Å². The zero-order chi connectivity index (χ0) is 27.0. The van der Waals surface area contributed by atoms with Gasteiger partial charge in [-0.15, -0.1) is 0 Å². The summed E-state index contributed by atoms with van der Waals surface area (Å²) >= 11 is 0. The Labute approximate surface area is 219 Å². The summed E-state index contributed by atoms with van der Waals surface area (Å²) in [5.41, 5.74) is 5.55. The number of allylic oxidation sites excluding steroid dienone is 1. The lowest BCUT2D eigenvalue weighted by Gasteiger charge is -2.60. The van der Waals surface area contributed by atoms with Crippen molar-refractivity contribution in [3.8, 4) is 0 Å². The number of fused-ring (bicyclic) bond motifs is 2. The van der Waals surface area contributed by atoms with E-state index < -0.39 is 23.2 Å². The van der Waals surface area contributed by atoms with Crippen LogP contribution in [-0.4, -0.2) is 60.8 Å². The Morgan fingerprint density at radius 1 is 1.29 bits per heavy atom. The van der Waals surface area contributed by atoms with Gasteiger partial charge in [0.2, 0.25) is 0 Å². The number of aryl methyl sites for hydroxylation is 1. The zero-order valence-electron chi connectivity index (χ0n) is 21.7. The molecule has 5 N–H and O–H groups in total. The highest BCUT2D eigenvalue weighted by molar-refractivity contribution is 5.98. The van der Waals surface area contributed by atoms with Crippen LogP contribution in [0, 0.1) is 22.7 Å². The summed E-state index contributed by atoms with van der Waals surface area (Å²) in [5, 5.41) is 25.9. The highest BCUT2D eigenvalue weighted by atomic mass is 16.6. The molecule has 202 valence electrons. The molecule has 6 rings (SSSR count). The molecule has 2 aliphatic heterocycles. The summed E-state index contributed by atoms with van der Waals surface area (Å²) in [6.45, 7) is 4.82. The lowest BCUT2D eigenvalue weighted by atomic mass is 9.45. The van der Waals surface area contributed by atoms with Crippen LogP contribution < -0.4 is 11.4 Å². The minimum atomic E-state index is -0.580. The van der Waals surface area contributed by atoms with E-state index >= 15 is 0 Å². The van der Waals surface area contributed by atoms with Crippen molar-refractivity contribution in [1.82, 2.24) is 19.7 Å². The van der Waals surface area contributed by atoms with Gasteiger partial charge in [-0.05, 0) is 43.1 Å². The van der Waals surface area contributed by atoms with E-state index in [0.29, 0.717) is 41.1 Å². The number of nitrogen functional groups attached to an aromatic ring is 1. The van der Waals surface area contributed by atoms with Gasteiger partial charge in [0, 0.05) is 24.5 Å². The van der Waals surface area contributed by atoms with E-state index in [1.807, 2.05) is 6.92 Å². The molecule has 4 aliphatic rings. The summed E-state index contributed by atoms with van der Waals surface area (Å²) in [6.07, 6.45) is 9.73. The van der Waals surface area contributed by atoms with Gasteiger partial charge >= 0.3 is 11.7 Å². The first kappa shape index (κ1) is 25.0. The van der Waals surface area contributed by atoms with Crippen molar-refractivity contribution >= 4 is 28.9 Å². The predicted octanol–water partition coefficient (Wildman–Crippen LogP) is 1.57. The molecule has 2 aromatic rings. The Balaban J connectivity index is 1.32.